The molecule has 2 aromatic rings. The van der Waals surface area contributed by atoms with E-state index in [1.807, 2.05) is 48.5 Å². The van der Waals surface area contributed by atoms with Crippen LogP contribution in [-0.4, -0.2) is 48.1 Å². The fraction of sp³-hybridized carbons (Fsp3) is 0.348. The maximum atomic E-state index is 9.17. The Morgan fingerprint density at radius 1 is 1.10 bits per heavy atom. The van der Waals surface area contributed by atoms with Crippen molar-refractivity contribution >= 4 is 46.0 Å². The smallest absolute Gasteiger partial charge is 0.133 e. The Kier molecular flexibility index (Phi) is 5.90. The van der Waals surface area contributed by atoms with E-state index in [4.69, 9.17) is 38.8 Å². The van der Waals surface area contributed by atoms with Gasteiger partial charge < -0.3 is 4.74 Å². The number of halogens is 1. The number of aliphatic imine (C=N–C) groups is 1. The van der Waals surface area contributed by atoms with Crippen molar-refractivity contribution in [1.29, 1.82) is 5.26 Å². The van der Waals surface area contributed by atoms with E-state index in [1.54, 1.807) is 0 Å². The van der Waals surface area contributed by atoms with E-state index < -0.39 is 0 Å². The molecular weight excluding hydrogens is 416 g/mol. The molecule has 0 saturated carbocycles. The van der Waals surface area contributed by atoms with Crippen molar-refractivity contribution in [2.45, 2.75) is 19.9 Å². The van der Waals surface area contributed by atoms with Crippen LogP contribution in [0.4, 0.5) is 11.4 Å². The van der Waals surface area contributed by atoms with Crippen LogP contribution in [0, 0.1) is 16.7 Å². The van der Waals surface area contributed by atoms with Crippen molar-refractivity contribution < 1.29 is 4.74 Å². The molecule has 2 aliphatic heterocycles. The van der Waals surface area contributed by atoms with Crippen LogP contribution >= 0.6 is 23.8 Å². The van der Waals surface area contributed by atoms with Crippen molar-refractivity contribution in [2.75, 3.05) is 31.2 Å². The zero-order valence-corrected chi connectivity index (χ0v) is 18.6. The van der Waals surface area contributed by atoms with Gasteiger partial charge in [0.25, 0.3) is 0 Å². The zero-order valence-electron chi connectivity index (χ0n) is 17.0. The fourth-order valence-electron chi connectivity index (χ4n) is 4.10. The van der Waals surface area contributed by atoms with Crippen LogP contribution in [0.2, 0.25) is 5.02 Å². The number of nitriles is 1. The first-order valence-electron chi connectivity index (χ1n) is 9.92. The molecule has 0 unspecified atom stereocenters. The number of hydrogen-bond acceptors (Lipinski definition) is 5. The summed E-state index contributed by atoms with van der Waals surface area (Å²) >= 11 is 12.1. The molecule has 1 atom stereocenters. The molecule has 2 fully saturated rings. The average molecular weight is 439 g/mol. The Morgan fingerprint density at radius 2 is 1.73 bits per heavy atom. The topological polar surface area (TPSA) is 51.9 Å². The number of nitrogens with zero attached hydrogens (tertiary/aromatic N) is 4. The predicted octanol–water partition coefficient (Wildman–Crippen LogP) is 4.82. The van der Waals surface area contributed by atoms with Gasteiger partial charge in [-0.2, -0.15) is 5.26 Å². The Hall–Kier alpha value is -2.30. The highest BCUT2D eigenvalue weighted by Crippen LogP contribution is 2.41. The van der Waals surface area contributed by atoms with Gasteiger partial charge in [-0.25, -0.2) is 4.99 Å². The van der Waals surface area contributed by atoms with Crippen LogP contribution in [0.3, 0.4) is 0 Å². The van der Waals surface area contributed by atoms with Crippen LogP contribution < -0.4 is 4.90 Å². The highest BCUT2D eigenvalue weighted by atomic mass is 35.5. The third-order valence-electron chi connectivity index (χ3n) is 5.65. The molecule has 0 N–H and O–H groups in total. The first-order valence-corrected chi connectivity index (χ1v) is 10.7. The lowest BCUT2D eigenvalue weighted by atomic mass is 9.85. The fourth-order valence-corrected chi connectivity index (χ4v) is 4.54. The molecule has 0 aliphatic carbocycles. The lowest BCUT2D eigenvalue weighted by molar-refractivity contribution is 0.0173. The highest BCUT2D eigenvalue weighted by molar-refractivity contribution is 7.80. The maximum Gasteiger partial charge on any atom is 0.133 e. The molecule has 0 amide bonds. The molecule has 2 saturated heterocycles. The molecule has 2 heterocycles. The number of ether oxygens (including phenoxy) is 1. The quantitative estimate of drug-likeness (QED) is 0.643. The molecular formula is C23H23ClN4OS. The van der Waals surface area contributed by atoms with E-state index in [2.05, 4.69) is 29.7 Å². The molecule has 2 aliphatic rings. The highest BCUT2D eigenvalue weighted by Gasteiger charge is 2.52. The Bertz CT molecular complexity index is 1000. The first-order chi connectivity index (χ1) is 14.4. The molecule has 7 heteroatoms. The number of rotatable bonds is 3. The van der Waals surface area contributed by atoms with Crippen molar-refractivity contribution in [3.05, 3.63) is 59.1 Å². The summed E-state index contributed by atoms with van der Waals surface area (Å²) in [5, 5.41) is 9.84. The van der Waals surface area contributed by atoms with Gasteiger partial charge in [-0.1, -0.05) is 37.7 Å². The largest absolute Gasteiger partial charge is 0.379 e. The average Bonchev–Trinajstić information content (AvgIpc) is 2.95. The molecule has 154 valence electrons. The Labute approximate surface area is 187 Å². The lowest BCUT2D eigenvalue weighted by Gasteiger charge is -2.38. The second kappa shape index (κ2) is 8.44. The predicted molar refractivity (Wildman–Crippen MR) is 125 cm³/mol. The van der Waals surface area contributed by atoms with Gasteiger partial charge in [0.15, 0.2) is 0 Å². The Morgan fingerprint density at radius 3 is 2.33 bits per heavy atom. The molecule has 0 bridgehead atoms. The molecule has 0 spiro atoms. The van der Waals surface area contributed by atoms with E-state index in [0.29, 0.717) is 23.8 Å². The number of morpholine rings is 1. The summed E-state index contributed by atoms with van der Waals surface area (Å²) in [6.45, 7) is 7.41. The minimum atomic E-state index is -0.300. The third-order valence-corrected chi connectivity index (χ3v) is 6.61. The maximum absolute atomic E-state index is 9.17. The van der Waals surface area contributed by atoms with E-state index in [-0.39, 0.29) is 11.5 Å². The number of amidine groups is 1. The number of benzene rings is 2. The minimum absolute atomic E-state index is 0.0141. The van der Waals surface area contributed by atoms with E-state index in [9.17, 15) is 0 Å². The second-order valence-electron chi connectivity index (χ2n) is 8.02. The summed E-state index contributed by atoms with van der Waals surface area (Å²) in [5.41, 5.74) is 2.05. The van der Waals surface area contributed by atoms with Gasteiger partial charge in [0.05, 0.1) is 41.6 Å². The van der Waals surface area contributed by atoms with Crippen molar-refractivity contribution in [3.8, 4) is 6.07 Å². The summed E-state index contributed by atoms with van der Waals surface area (Å²) in [4.78, 5) is 10.3. The molecule has 0 aromatic heterocycles. The number of thiocarbonyl (C=S) groups is 1. The Balaban J connectivity index is 1.84. The third kappa shape index (κ3) is 3.86. The van der Waals surface area contributed by atoms with Crippen LogP contribution in [0.15, 0.2) is 53.5 Å². The van der Waals surface area contributed by atoms with Crippen molar-refractivity contribution in [3.63, 3.8) is 0 Å². The van der Waals surface area contributed by atoms with Gasteiger partial charge >= 0.3 is 0 Å². The SMILES string of the molecule is CC1(C)C(=S)N(c2ccc(C#N)cc2)C(=Nc2ccc(Cl)cc2)[C@H]1N1CCOCC1. The number of anilines is 1. The van der Waals surface area contributed by atoms with Crippen molar-refractivity contribution in [2.24, 2.45) is 10.4 Å². The van der Waals surface area contributed by atoms with Gasteiger partial charge in [-0.15, -0.1) is 0 Å². The summed E-state index contributed by atoms with van der Waals surface area (Å²) < 4.78 is 5.58. The van der Waals surface area contributed by atoms with Gasteiger partial charge in [0.1, 0.15) is 5.84 Å². The molecule has 30 heavy (non-hydrogen) atoms. The van der Waals surface area contributed by atoms with Gasteiger partial charge in [-0.05, 0) is 48.5 Å². The number of hydrogen-bond donors (Lipinski definition) is 0. The zero-order chi connectivity index (χ0) is 21.3. The van der Waals surface area contributed by atoms with Crippen LogP contribution in [-0.2, 0) is 4.74 Å². The van der Waals surface area contributed by atoms with Crippen LogP contribution in [0.5, 0.6) is 0 Å². The lowest BCUT2D eigenvalue weighted by Crippen LogP contribution is -2.52. The van der Waals surface area contributed by atoms with Crippen molar-refractivity contribution in [1.82, 2.24) is 4.90 Å². The van der Waals surface area contributed by atoms with E-state index in [1.165, 1.54) is 0 Å². The second-order valence-corrected chi connectivity index (χ2v) is 8.84. The summed E-state index contributed by atoms with van der Waals surface area (Å²) in [6.07, 6.45) is 0. The standard InChI is InChI=1S/C23H23ClN4OS/c1-23(2)20(27-11-13-29-14-12-27)21(26-18-7-5-17(24)6-8-18)28(22(23)30)19-9-3-16(15-25)4-10-19/h3-10,20H,11-14H2,1-2H3/t20-/m1/s1. The molecule has 2 aromatic carbocycles. The van der Waals surface area contributed by atoms with E-state index in [0.717, 1.165) is 35.3 Å². The van der Waals surface area contributed by atoms with Crippen LogP contribution in [0.1, 0.15) is 19.4 Å². The first kappa shape index (κ1) is 21.0. The van der Waals surface area contributed by atoms with Gasteiger partial charge in [0.2, 0.25) is 0 Å². The summed E-state index contributed by atoms with van der Waals surface area (Å²) in [5.74, 6) is 0.888. The summed E-state index contributed by atoms with van der Waals surface area (Å²) in [6, 6.07) is 17.2. The van der Waals surface area contributed by atoms with E-state index >= 15 is 0 Å². The summed E-state index contributed by atoms with van der Waals surface area (Å²) in [7, 11) is 0. The normalized spacial score (nSPS) is 23.0. The van der Waals surface area contributed by atoms with Gasteiger partial charge in [0, 0.05) is 29.2 Å². The van der Waals surface area contributed by atoms with Crippen LogP contribution in [0.25, 0.3) is 0 Å². The minimum Gasteiger partial charge on any atom is -0.379 e. The molecule has 0 radical (unpaired) electrons. The molecule has 5 nitrogen and oxygen atoms in total. The molecule has 4 rings (SSSR count). The monoisotopic (exact) mass is 438 g/mol. The van der Waals surface area contributed by atoms with Gasteiger partial charge in [-0.3, -0.25) is 9.80 Å².